The molecule has 0 aliphatic rings. The van der Waals surface area contributed by atoms with Crippen LogP contribution >= 0.6 is 0 Å². The Bertz CT molecular complexity index is 2480. The Balaban J connectivity index is 1.28. The van der Waals surface area contributed by atoms with Crippen LogP contribution < -0.4 is 0 Å². The van der Waals surface area contributed by atoms with Gasteiger partial charge in [-0.25, -0.2) is 19.9 Å². The molecule has 3 heterocycles. The molecule has 0 bridgehead atoms. The summed E-state index contributed by atoms with van der Waals surface area (Å²) < 4.78 is 6.30. The summed E-state index contributed by atoms with van der Waals surface area (Å²) in [6.45, 7) is 0. The van der Waals surface area contributed by atoms with E-state index in [1.807, 2.05) is 91.0 Å². The van der Waals surface area contributed by atoms with Gasteiger partial charge in [-0.3, -0.25) is 0 Å². The van der Waals surface area contributed by atoms with E-state index in [4.69, 9.17) is 24.4 Å². The van der Waals surface area contributed by atoms with Crippen LogP contribution in [0.1, 0.15) is 0 Å². The van der Waals surface area contributed by atoms with Gasteiger partial charge in [-0.15, -0.1) is 0 Å². The van der Waals surface area contributed by atoms with Crippen LogP contribution in [-0.2, 0) is 0 Å². The molecule has 0 spiro atoms. The lowest BCUT2D eigenvalue weighted by Crippen LogP contribution is -2.00. The second-order valence-corrected chi connectivity index (χ2v) is 11.1. The van der Waals surface area contributed by atoms with Gasteiger partial charge in [-0.1, -0.05) is 127 Å². The first-order chi connectivity index (χ1) is 22.3. The molecule has 3 aromatic heterocycles. The highest BCUT2D eigenvalue weighted by Gasteiger charge is 2.18. The van der Waals surface area contributed by atoms with Crippen LogP contribution in [0.5, 0.6) is 0 Å². The quantitative estimate of drug-likeness (QED) is 0.209. The fourth-order valence-corrected chi connectivity index (χ4v) is 6.25. The first-order valence-electron chi connectivity index (χ1n) is 14.9. The molecular formula is C40H24N4O. The summed E-state index contributed by atoms with van der Waals surface area (Å²) in [6.07, 6.45) is 0. The Hall–Kier alpha value is -6.20. The predicted octanol–water partition coefficient (Wildman–Crippen LogP) is 10.1. The molecule has 0 aliphatic heterocycles. The highest BCUT2D eigenvalue weighted by atomic mass is 16.3. The molecule has 0 fully saturated rings. The topological polar surface area (TPSA) is 64.7 Å². The average Bonchev–Trinajstić information content (AvgIpc) is 3.48. The molecule has 0 saturated carbocycles. The summed E-state index contributed by atoms with van der Waals surface area (Å²) in [5.74, 6) is 1.91. The zero-order chi connectivity index (χ0) is 29.7. The molecule has 0 radical (unpaired) electrons. The minimum atomic E-state index is 0.632. The van der Waals surface area contributed by atoms with E-state index in [-0.39, 0.29) is 0 Å². The van der Waals surface area contributed by atoms with Crippen LogP contribution in [0.3, 0.4) is 0 Å². The summed E-state index contributed by atoms with van der Waals surface area (Å²) in [5, 5.41) is 5.31. The summed E-state index contributed by atoms with van der Waals surface area (Å²) in [7, 11) is 0. The third kappa shape index (κ3) is 4.25. The fraction of sp³-hybridized carbons (Fsp3) is 0. The largest absolute Gasteiger partial charge is 0.438 e. The van der Waals surface area contributed by atoms with Crippen LogP contribution in [0, 0.1) is 0 Å². The lowest BCUT2D eigenvalue weighted by molar-refractivity contribution is 0.656. The molecule has 0 atom stereocenters. The molecule has 9 rings (SSSR count). The van der Waals surface area contributed by atoms with E-state index in [0.29, 0.717) is 23.2 Å². The first kappa shape index (κ1) is 25.3. The second-order valence-electron chi connectivity index (χ2n) is 11.1. The second kappa shape index (κ2) is 10.2. The van der Waals surface area contributed by atoms with Crippen LogP contribution in [0.4, 0.5) is 0 Å². The van der Waals surface area contributed by atoms with Gasteiger partial charge in [0.05, 0.1) is 5.52 Å². The lowest BCUT2D eigenvalue weighted by Gasteiger charge is -2.13. The zero-order valence-corrected chi connectivity index (χ0v) is 24.1. The Labute approximate surface area is 258 Å². The first-order valence-corrected chi connectivity index (χ1v) is 14.9. The Morgan fingerprint density at radius 1 is 0.400 bits per heavy atom. The standard InChI is InChI=1S/C40H24N4O/c1-3-12-25(13-4-1)37-42-38(26-14-5-2-6-15-26)44-39(43-37)32-21-10-17-28-29(18-9-19-30(28)32)31-20-11-23-35-36(31)33-24-27-16-7-8-22-34(27)41-40(33)45-35/h1-24H. The molecular weight excluding hydrogens is 552 g/mol. The molecule has 5 heteroatoms. The number of furan rings is 1. The van der Waals surface area contributed by atoms with Gasteiger partial charge < -0.3 is 4.42 Å². The van der Waals surface area contributed by atoms with Gasteiger partial charge >= 0.3 is 0 Å². The summed E-state index contributed by atoms with van der Waals surface area (Å²) in [5.41, 5.74) is 7.41. The maximum absolute atomic E-state index is 6.30. The SMILES string of the molecule is c1ccc(-c2nc(-c3ccccc3)nc(-c3cccc4c(-c5cccc6oc7nc8ccccc8cc7c56)cccc34)n2)cc1. The Kier molecular flexibility index (Phi) is 5.74. The zero-order valence-electron chi connectivity index (χ0n) is 24.1. The number of fused-ring (bicyclic) bond motifs is 5. The van der Waals surface area contributed by atoms with E-state index in [2.05, 4.69) is 54.6 Å². The maximum atomic E-state index is 6.30. The molecule has 0 aliphatic carbocycles. The van der Waals surface area contributed by atoms with Gasteiger partial charge in [0.25, 0.3) is 0 Å². The van der Waals surface area contributed by atoms with E-state index in [9.17, 15) is 0 Å². The number of hydrogen-bond acceptors (Lipinski definition) is 5. The summed E-state index contributed by atoms with van der Waals surface area (Å²) in [4.78, 5) is 19.8. The van der Waals surface area contributed by atoms with E-state index in [1.54, 1.807) is 0 Å². The van der Waals surface area contributed by atoms with E-state index >= 15 is 0 Å². The van der Waals surface area contributed by atoms with Crippen LogP contribution in [0.2, 0.25) is 0 Å². The van der Waals surface area contributed by atoms with Crippen molar-refractivity contribution in [3.05, 3.63) is 146 Å². The van der Waals surface area contributed by atoms with Crippen LogP contribution in [0.25, 0.3) is 89.0 Å². The van der Waals surface area contributed by atoms with E-state index in [1.165, 1.54) is 0 Å². The Morgan fingerprint density at radius 2 is 0.978 bits per heavy atom. The van der Waals surface area contributed by atoms with E-state index in [0.717, 1.165) is 65.8 Å². The van der Waals surface area contributed by atoms with Gasteiger partial charge in [-0.2, -0.15) is 0 Å². The van der Waals surface area contributed by atoms with Crippen molar-refractivity contribution in [1.29, 1.82) is 0 Å². The fourth-order valence-electron chi connectivity index (χ4n) is 6.25. The smallest absolute Gasteiger partial charge is 0.227 e. The number of pyridine rings is 1. The van der Waals surface area contributed by atoms with E-state index < -0.39 is 0 Å². The minimum Gasteiger partial charge on any atom is -0.438 e. The van der Waals surface area contributed by atoms with Gasteiger partial charge in [0.1, 0.15) is 5.58 Å². The summed E-state index contributed by atoms with van der Waals surface area (Å²) >= 11 is 0. The number of aromatic nitrogens is 4. The van der Waals surface area contributed by atoms with Gasteiger partial charge in [0, 0.05) is 32.8 Å². The van der Waals surface area contributed by atoms with Crippen molar-refractivity contribution >= 4 is 43.7 Å². The number of para-hydroxylation sites is 1. The lowest BCUT2D eigenvalue weighted by atomic mass is 9.93. The molecule has 0 N–H and O–H groups in total. The number of benzene rings is 6. The van der Waals surface area contributed by atoms with Gasteiger partial charge in [0.15, 0.2) is 17.5 Å². The molecule has 210 valence electrons. The predicted molar refractivity (Wildman–Crippen MR) is 182 cm³/mol. The normalized spacial score (nSPS) is 11.6. The van der Waals surface area contributed by atoms with Crippen LogP contribution in [0.15, 0.2) is 150 Å². The molecule has 5 nitrogen and oxygen atoms in total. The highest BCUT2D eigenvalue weighted by Crippen LogP contribution is 2.41. The number of rotatable bonds is 4. The van der Waals surface area contributed by atoms with Crippen LogP contribution in [-0.4, -0.2) is 19.9 Å². The summed E-state index contributed by atoms with van der Waals surface area (Å²) in [6, 6.07) is 49.5. The minimum absolute atomic E-state index is 0.632. The molecule has 45 heavy (non-hydrogen) atoms. The third-order valence-corrected chi connectivity index (χ3v) is 8.34. The molecule has 6 aromatic carbocycles. The van der Waals surface area contributed by atoms with Crippen molar-refractivity contribution in [1.82, 2.24) is 19.9 Å². The number of hydrogen-bond donors (Lipinski definition) is 0. The average molecular weight is 577 g/mol. The molecule has 0 unspecified atom stereocenters. The third-order valence-electron chi connectivity index (χ3n) is 8.34. The molecule has 9 aromatic rings. The van der Waals surface area contributed by atoms with Crippen molar-refractivity contribution in [3.8, 4) is 45.3 Å². The number of nitrogens with zero attached hydrogens (tertiary/aromatic N) is 4. The molecule has 0 saturated heterocycles. The van der Waals surface area contributed by atoms with Crippen molar-refractivity contribution < 1.29 is 4.42 Å². The monoisotopic (exact) mass is 576 g/mol. The van der Waals surface area contributed by atoms with Crippen molar-refractivity contribution in [3.63, 3.8) is 0 Å². The maximum Gasteiger partial charge on any atom is 0.227 e. The van der Waals surface area contributed by atoms with Crippen molar-refractivity contribution in [2.75, 3.05) is 0 Å². The van der Waals surface area contributed by atoms with Crippen molar-refractivity contribution in [2.45, 2.75) is 0 Å². The molecule has 0 amide bonds. The van der Waals surface area contributed by atoms with Gasteiger partial charge in [-0.05, 0) is 40.1 Å². The Morgan fingerprint density at radius 3 is 1.71 bits per heavy atom. The van der Waals surface area contributed by atoms with Gasteiger partial charge in [0.2, 0.25) is 5.71 Å². The van der Waals surface area contributed by atoms with Crippen molar-refractivity contribution in [2.24, 2.45) is 0 Å². The highest BCUT2D eigenvalue weighted by molar-refractivity contribution is 6.17.